The molecule has 10 heavy (non-hydrogen) atoms. The lowest BCUT2D eigenvalue weighted by molar-refractivity contribution is -0.0671. The maximum Gasteiger partial charge on any atom is 0.0781 e. The van der Waals surface area contributed by atoms with Crippen molar-refractivity contribution in [3.8, 4) is 0 Å². The van der Waals surface area contributed by atoms with Gasteiger partial charge in [-0.3, -0.25) is 0 Å². The predicted molar refractivity (Wildman–Crippen MR) is 39.8 cm³/mol. The molecule has 1 rings (SSSR count). The van der Waals surface area contributed by atoms with Gasteiger partial charge in [-0.15, -0.1) is 6.58 Å². The summed E-state index contributed by atoms with van der Waals surface area (Å²) >= 11 is 0. The van der Waals surface area contributed by atoms with Gasteiger partial charge in [-0.2, -0.15) is 0 Å². The second-order valence-corrected chi connectivity index (χ2v) is 2.85. The molecule has 0 aliphatic carbocycles. The van der Waals surface area contributed by atoms with Crippen molar-refractivity contribution >= 4 is 0 Å². The van der Waals surface area contributed by atoms with Gasteiger partial charge in [0.1, 0.15) is 0 Å². The predicted octanol–water partition coefficient (Wildman–Crippen LogP) is 1.10. The van der Waals surface area contributed by atoms with E-state index < -0.39 is 0 Å². The average Bonchev–Trinajstić information content (AvgIpc) is 1.85. The van der Waals surface area contributed by atoms with E-state index in [2.05, 4.69) is 6.58 Å². The van der Waals surface area contributed by atoms with Gasteiger partial charge in [-0.1, -0.05) is 6.08 Å². The molecule has 0 saturated carbocycles. The van der Waals surface area contributed by atoms with Crippen molar-refractivity contribution in [1.29, 1.82) is 0 Å². The van der Waals surface area contributed by atoms with E-state index in [1.165, 1.54) is 0 Å². The number of ether oxygens (including phenoxy) is 1. The maximum absolute atomic E-state index is 9.25. The van der Waals surface area contributed by atoms with Gasteiger partial charge in [-0.05, 0) is 13.3 Å². The summed E-state index contributed by atoms with van der Waals surface area (Å²) in [6, 6.07) is 0. The molecule has 3 atom stereocenters. The van der Waals surface area contributed by atoms with Gasteiger partial charge in [0.15, 0.2) is 0 Å². The zero-order chi connectivity index (χ0) is 7.56. The molecule has 0 unspecified atom stereocenters. The van der Waals surface area contributed by atoms with Crippen LogP contribution in [-0.2, 0) is 4.74 Å². The zero-order valence-corrected chi connectivity index (χ0v) is 6.29. The highest BCUT2D eigenvalue weighted by Gasteiger charge is 2.22. The summed E-state index contributed by atoms with van der Waals surface area (Å²) in [6.07, 6.45) is 3.23. The van der Waals surface area contributed by atoms with Gasteiger partial charge in [-0.25, -0.2) is 0 Å². The number of hydrogen-bond donors (Lipinski definition) is 1. The summed E-state index contributed by atoms with van der Waals surface area (Å²) in [5.74, 6) is 0. The summed E-state index contributed by atoms with van der Waals surface area (Å²) in [6.45, 7) is 5.59. The number of hydrogen-bond acceptors (Lipinski definition) is 2. The molecular weight excluding hydrogens is 128 g/mol. The summed E-state index contributed by atoms with van der Waals surface area (Å²) in [4.78, 5) is 0. The lowest BCUT2D eigenvalue weighted by Crippen LogP contribution is -2.32. The first-order valence-electron chi connectivity index (χ1n) is 3.68. The Bertz CT molecular complexity index is 112. The first-order chi connectivity index (χ1) is 4.72. The molecule has 1 heterocycles. The lowest BCUT2D eigenvalue weighted by atomic mass is 10.0. The highest BCUT2D eigenvalue weighted by atomic mass is 16.5. The van der Waals surface area contributed by atoms with Crippen molar-refractivity contribution in [2.75, 3.05) is 0 Å². The second kappa shape index (κ2) is 3.17. The molecule has 58 valence electrons. The van der Waals surface area contributed by atoms with E-state index in [1.807, 2.05) is 6.92 Å². The first-order valence-corrected chi connectivity index (χ1v) is 3.68. The minimum Gasteiger partial charge on any atom is -0.393 e. The third kappa shape index (κ3) is 1.82. The van der Waals surface area contributed by atoms with Gasteiger partial charge in [0, 0.05) is 6.42 Å². The van der Waals surface area contributed by atoms with E-state index in [9.17, 15) is 5.11 Å². The van der Waals surface area contributed by atoms with Crippen molar-refractivity contribution in [3.05, 3.63) is 12.7 Å². The van der Waals surface area contributed by atoms with E-state index in [0.29, 0.717) is 6.42 Å². The van der Waals surface area contributed by atoms with Crippen LogP contribution in [0.2, 0.25) is 0 Å². The molecule has 1 saturated heterocycles. The fourth-order valence-corrected chi connectivity index (χ4v) is 1.31. The Morgan fingerprint density at radius 1 is 1.60 bits per heavy atom. The topological polar surface area (TPSA) is 29.5 Å². The van der Waals surface area contributed by atoms with Gasteiger partial charge in [0.2, 0.25) is 0 Å². The molecule has 0 aromatic heterocycles. The van der Waals surface area contributed by atoms with E-state index >= 15 is 0 Å². The van der Waals surface area contributed by atoms with Crippen LogP contribution in [0.15, 0.2) is 12.7 Å². The number of aliphatic hydroxyl groups excluding tert-OH is 1. The molecule has 0 aromatic carbocycles. The van der Waals surface area contributed by atoms with E-state index in [0.717, 1.165) is 6.42 Å². The van der Waals surface area contributed by atoms with E-state index in [1.54, 1.807) is 6.08 Å². The largest absolute Gasteiger partial charge is 0.393 e. The molecule has 1 N–H and O–H groups in total. The summed E-state index contributed by atoms with van der Waals surface area (Å²) in [5.41, 5.74) is 0. The molecule has 0 aromatic rings. The summed E-state index contributed by atoms with van der Waals surface area (Å²) in [5, 5.41) is 9.25. The van der Waals surface area contributed by atoms with Crippen LogP contribution in [0.4, 0.5) is 0 Å². The highest BCUT2D eigenvalue weighted by Crippen LogP contribution is 2.19. The van der Waals surface area contributed by atoms with Crippen LogP contribution >= 0.6 is 0 Å². The summed E-state index contributed by atoms with van der Waals surface area (Å²) in [7, 11) is 0. The SMILES string of the molecule is C=C[C@H]1C[C@H](O)C[C@H](C)O1. The third-order valence-electron chi connectivity index (χ3n) is 1.78. The Labute approximate surface area is 61.5 Å². The van der Waals surface area contributed by atoms with Gasteiger partial charge >= 0.3 is 0 Å². The molecule has 2 nitrogen and oxygen atoms in total. The van der Waals surface area contributed by atoms with Crippen molar-refractivity contribution in [1.82, 2.24) is 0 Å². The monoisotopic (exact) mass is 142 g/mol. The maximum atomic E-state index is 9.25. The van der Waals surface area contributed by atoms with E-state index in [-0.39, 0.29) is 18.3 Å². The Balaban J connectivity index is 2.42. The van der Waals surface area contributed by atoms with E-state index in [4.69, 9.17) is 4.74 Å². The molecular formula is C8H14O2. The van der Waals surface area contributed by atoms with Crippen LogP contribution in [0.1, 0.15) is 19.8 Å². The Morgan fingerprint density at radius 2 is 2.30 bits per heavy atom. The Morgan fingerprint density at radius 3 is 2.80 bits per heavy atom. The Kier molecular flexibility index (Phi) is 2.46. The minimum atomic E-state index is -0.202. The molecule has 2 heteroatoms. The molecule has 0 bridgehead atoms. The number of aliphatic hydroxyl groups is 1. The normalized spacial score (nSPS) is 41.2. The minimum absolute atomic E-state index is 0.0544. The van der Waals surface area contributed by atoms with Crippen LogP contribution < -0.4 is 0 Å². The van der Waals surface area contributed by atoms with Crippen LogP contribution in [0.5, 0.6) is 0 Å². The molecule has 0 amide bonds. The Hall–Kier alpha value is -0.340. The van der Waals surface area contributed by atoms with Crippen molar-refractivity contribution in [2.24, 2.45) is 0 Å². The third-order valence-corrected chi connectivity index (χ3v) is 1.78. The standard InChI is InChI=1S/C8H14O2/c1-3-8-5-7(9)4-6(2)10-8/h3,6-9H,1,4-5H2,2H3/t6-,7+,8-/m0/s1. The van der Waals surface area contributed by atoms with Gasteiger partial charge in [0.05, 0.1) is 18.3 Å². The van der Waals surface area contributed by atoms with Crippen LogP contribution in [0, 0.1) is 0 Å². The lowest BCUT2D eigenvalue weighted by Gasteiger charge is -2.29. The molecule has 1 fully saturated rings. The molecule has 0 radical (unpaired) electrons. The number of rotatable bonds is 1. The van der Waals surface area contributed by atoms with Crippen molar-refractivity contribution < 1.29 is 9.84 Å². The molecule has 1 aliphatic heterocycles. The van der Waals surface area contributed by atoms with Gasteiger partial charge < -0.3 is 9.84 Å². The molecule has 0 spiro atoms. The van der Waals surface area contributed by atoms with Crippen LogP contribution in [0.25, 0.3) is 0 Å². The summed E-state index contributed by atoms with van der Waals surface area (Å²) < 4.78 is 5.43. The zero-order valence-electron chi connectivity index (χ0n) is 6.29. The second-order valence-electron chi connectivity index (χ2n) is 2.85. The highest BCUT2D eigenvalue weighted by molar-refractivity contribution is 4.86. The van der Waals surface area contributed by atoms with Gasteiger partial charge in [0.25, 0.3) is 0 Å². The van der Waals surface area contributed by atoms with Crippen molar-refractivity contribution in [2.45, 2.75) is 38.1 Å². The smallest absolute Gasteiger partial charge is 0.0781 e. The van der Waals surface area contributed by atoms with Crippen molar-refractivity contribution in [3.63, 3.8) is 0 Å². The molecule has 1 aliphatic rings. The fourth-order valence-electron chi connectivity index (χ4n) is 1.31. The average molecular weight is 142 g/mol. The van der Waals surface area contributed by atoms with Crippen LogP contribution in [-0.4, -0.2) is 23.4 Å². The quantitative estimate of drug-likeness (QED) is 0.555. The fraction of sp³-hybridized carbons (Fsp3) is 0.750. The first kappa shape index (κ1) is 7.76. The van der Waals surface area contributed by atoms with Crippen LogP contribution in [0.3, 0.4) is 0 Å².